The minimum absolute atomic E-state index is 0.0971. The van der Waals surface area contributed by atoms with Gasteiger partial charge < -0.3 is 10.5 Å². The Balaban J connectivity index is 2.07. The van der Waals surface area contributed by atoms with Gasteiger partial charge in [-0.15, -0.1) is 0 Å². The van der Waals surface area contributed by atoms with Crippen LogP contribution in [0.2, 0.25) is 0 Å². The number of hydrogen-bond acceptors (Lipinski definition) is 5. The van der Waals surface area contributed by atoms with E-state index in [-0.39, 0.29) is 5.03 Å². The number of piperidine rings is 1. The molecule has 2 rings (SSSR count). The number of methoxy groups -OCH3 is 1. The van der Waals surface area contributed by atoms with E-state index in [1.807, 2.05) is 0 Å². The Bertz CT molecular complexity index is 522. The van der Waals surface area contributed by atoms with E-state index in [1.54, 1.807) is 13.2 Å². The molecule has 6 nitrogen and oxygen atoms in total. The largest absolute Gasteiger partial charge is 0.384 e. The van der Waals surface area contributed by atoms with E-state index >= 15 is 0 Å². The molecule has 0 saturated carbocycles. The summed E-state index contributed by atoms with van der Waals surface area (Å²) in [4.78, 5) is 4.02. The van der Waals surface area contributed by atoms with Gasteiger partial charge in [0, 0.05) is 39.5 Å². The lowest BCUT2D eigenvalue weighted by atomic mass is 9.99. The van der Waals surface area contributed by atoms with Crippen LogP contribution in [0, 0.1) is 5.92 Å². The summed E-state index contributed by atoms with van der Waals surface area (Å²) in [7, 11) is -1.81. The molecule has 1 saturated heterocycles. The van der Waals surface area contributed by atoms with E-state index in [1.165, 1.54) is 16.6 Å². The van der Waals surface area contributed by atoms with Crippen molar-refractivity contribution in [3.63, 3.8) is 0 Å². The molecule has 112 valence electrons. The number of sulfonamides is 1. The van der Waals surface area contributed by atoms with Crippen molar-refractivity contribution in [2.24, 2.45) is 11.7 Å². The topological polar surface area (TPSA) is 85.5 Å². The highest BCUT2D eigenvalue weighted by atomic mass is 32.2. The second-order valence-electron chi connectivity index (χ2n) is 5.01. The standard InChI is InChI=1S/C13H21N3O3S/c1-19-10-11-4-6-16(7-5-11)20(17,18)13-3-2-12(8-14)9-15-13/h2-3,9,11H,4-8,10,14H2,1H3. The molecule has 0 aromatic carbocycles. The van der Waals surface area contributed by atoms with Crippen molar-refractivity contribution in [1.82, 2.24) is 9.29 Å². The van der Waals surface area contributed by atoms with E-state index in [9.17, 15) is 8.42 Å². The highest BCUT2D eigenvalue weighted by Gasteiger charge is 2.30. The average Bonchev–Trinajstić information content (AvgIpc) is 2.48. The van der Waals surface area contributed by atoms with Crippen LogP contribution in [0.3, 0.4) is 0 Å². The molecule has 20 heavy (non-hydrogen) atoms. The van der Waals surface area contributed by atoms with Crippen molar-refractivity contribution >= 4 is 10.0 Å². The summed E-state index contributed by atoms with van der Waals surface area (Å²) in [5, 5.41) is 0.0971. The average molecular weight is 299 g/mol. The van der Waals surface area contributed by atoms with Crippen LogP contribution in [0.1, 0.15) is 18.4 Å². The lowest BCUT2D eigenvalue weighted by molar-refractivity contribution is 0.121. The molecule has 1 fully saturated rings. The van der Waals surface area contributed by atoms with Gasteiger partial charge in [-0.2, -0.15) is 4.31 Å². The molecule has 2 N–H and O–H groups in total. The minimum atomic E-state index is -3.48. The molecule has 1 aromatic heterocycles. The fourth-order valence-corrected chi connectivity index (χ4v) is 3.75. The zero-order valence-corrected chi connectivity index (χ0v) is 12.5. The van der Waals surface area contributed by atoms with Gasteiger partial charge in [0.25, 0.3) is 10.0 Å². The van der Waals surface area contributed by atoms with Crippen molar-refractivity contribution in [1.29, 1.82) is 0 Å². The van der Waals surface area contributed by atoms with Crippen LogP contribution in [0.4, 0.5) is 0 Å². The highest BCUT2D eigenvalue weighted by molar-refractivity contribution is 7.89. The number of rotatable bonds is 5. The van der Waals surface area contributed by atoms with Crippen LogP contribution in [0.25, 0.3) is 0 Å². The van der Waals surface area contributed by atoms with Gasteiger partial charge in [0.05, 0.1) is 0 Å². The summed E-state index contributed by atoms with van der Waals surface area (Å²) in [5.74, 6) is 0.444. The monoisotopic (exact) mass is 299 g/mol. The second kappa shape index (κ2) is 6.62. The van der Waals surface area contributed by atoms with Gasteiger partial charge in [0.1, 0.15) is 0 Å². The number of nitrogens with two attached hydrogens (primary N) is 1. The van der Waals surface area contributed by atoms with Gasteiger partial charge in [0.2, 0.25) is 0 Å². The number of ether oxygens (including phenoxy) is 1. The molecule has 0 aliphatic carbocycles. The molecule has 0 amide bonds. The number of aromatic nitrogens is 1. The van der Waals surface area contributed by atoms with E-state index in [0.29, 0.717) is 32.2 Å². The Hall–Kier alpha value is -1.02. The molecule has 0 atom stereocenters. The van der Waals surface area contributed by atoms with E-state index in [2.05, 4.69) is 4.98 Å². The maximum Gasteiger partial charge on any atom is 0.260 e. The third-order valence-electron chi connectivity index (χ3n) is 3.61. The molecule has 0 radical (unpaired) electrons. The van der Waals surface area contributed by atoms with Gasteiger partial charge >= 0.3 is 0 Å². The molecule has 1 aliphatic heterocycles. The minimum Gasteiger partial charge on any atom is -0.384 e. The molecule has 1 aliphatic rings. The molecular weight excluding hydrogens is 278 g/mol. The van der Waals surface area contributed by atoms with Crippen molar-refractivity contribution in [3.8, 4) is 0 Å². The molecule has 7 heteroatoms. The van der Waals surface area contributed by atoms with Crippen LogP contribution in [0.5, 0.6) is 0 Å². The molecule has 1 aromatic rings. The molecule has 0 unspecified atom stereocenters. The normalized spacial score (nSPS) is 18.3. The summed E-state index contributed by atoms with van der Waals surface area (Å²) in [6, 6.07) is 3.23. The summed E-state index contributed by atoms with van der Waals surface area (Å²) in [6.45, 7) is 2.10. The molecule has 2 heterocycles. The number of nitrogens with zero attached hydrogens (tertiary/aromatic N) is 2. The summed E-state index contributed by atoms with van der Waals surface area (Å²) in [6.07, 6.45) is 3.17. The van der Waals surface area contributed by atoms with Crippen LogP contribution in [-0.4, -0.2) is 44.5 Å². The first-order chi connectivity index (χ1) is 9.57. The lowest BCUT2D eigenvalue weighted by Crippen LogP contribution is -2.39. The molecule has 0 bridgehead atoms. The summed E-state index contributed by atoms with van der Waals surface area (Å²) >= 11 is 0. The Labute approximate surface area is 120 Å². The predicted octanol–water partition coefficient (Wildman–Crippen LogP) is 0.587. The van der Waals surface area contributed by atoms with Gasteiger partial charge in [0.15, 0.2) is 5.03 Å². The van der Waals surface area contributed by atoms with Crippen LogP contribution in [0.15, 0.2) is 23.4 Å². The Morgan fingerprint density at radius 1 is 1.40 bits per heavy atom. The van der Waals surface area contributed by atoms with Crippen LogP contribution >= 0.6 is 0 Å². The summed E-state index contributed by atoms with van der Waals surface area (Å²) < 4.78 is 31.5. The fourth-order valence-electron chi connectivity index (χ4n) is 2.37. The Kier molecular flexibility index (Phi) is 5.09. The van der Waals surface area contributed by atoms with E-state index < -0.39 is 10.0 Å². The zero-order chi connectivity index (χ0) is 14.6. The zero-order valence-electron chi connectivity index (χ0n) is 11.7. The van der Waals surface area contributed by atoms with Crippen molar-refractivity contribution < 1.29 is 13.2 Å². The third kappa shape index (κ3) is 3.35. The van der Waals surface area contributed by atoms with Gasteiger partial charge in [-0.3, -0.25) is 0 Å². The van der Waals surface area contributed by atoms with E-state index in [0.717, 1.165) is 18.4 Å². The van der Waals surface area contributed by atoms with Gasteiger partial charge in [-0.1, -0.05) is 6.07 Å². The number of hydrogen-bond donors (Lipinski definition) is 1. The first-order valence-electron chi connectivity index (χ1n) is 6.72. The quantitative estimate of drug-likeness (QED) is 0.860. The van der Waals surface area contributed by atoms with Gasteiger partial charge in [-0.05, 0) is 30.4 Å². The third-order valence-corrected chi connectivity index (χ3v) is 5.43. The second-order valence-corrected chi connectivity index (χ2v) is 6.90. The van der Waals surface area contributed by atoms with Gasteiger partial charge in [-0.25, -0.2) is 13.4 Å². The van der Waals surface area contributed by atoms with Crippen LogP contribution in [-0.2, 0) is 21.3 Å². The summed E-state index contributed by atoms with van der Waals surface area (Å²) in [5.41, 5.74) is 6.31. The van der Waals surface area contributed by atoms with Crippen LogP contribution < -0.4 is 5.73 Å². The fraction of sp³-hybridized carbons (Fsp3) is 0.615. The number of pyridine rings is 1. The first kappa shape index (κ1) is 15.4. The maximum absolute atomic E-state index is 12.5. The lowest BCUT2D eigenvalue weighted by Gasteiger charge is -2.30. The smallest absolute Gasteiger partial charge is 0.260 e. The SMILES string of the molecule is COCC1CCN(S(=O)(=O)c2ccc(CN)cn2)CC1. The van der Waals surface area contributed by atoms with Crippen molar-refractivity contribution in [2.75, 3.05) is 26.8 Å². The van der Waals surface area contributed by atoms with Crippen molar-refractivity contribution in [3.05, 3.63) is 23.9 Å². The maximum atomic E-state index is 12.5. The molecule has 0 spiro atoms. The predicted molar refractivity (Wildman–Crippen MR) is 75.5 cm³/mol. The first-order valence-corrected chi connectivity index (χ1v) is 8.16. The Morgan fingerprint density at radius 3 is 2.60 bits per heavy atom. The Morgan fingerprint density at radius 2 is 2.10 bits per heavy atom. The molecular formula is C13H21N3O3S. The van der Waals surface area contributed by atoms with E-state index in [4.69, 9.17) is 10.5 Å². The van der Waals surface area contributed by atoms with Crippen molar-refractivity contribution in [2.45, 2.75) is 24.4 Å². The highest BCUT2D eigenvalue weighted by Crippen LogP contribution is 2.23.